The summed E-state index contributed by atoms with van der Waals surface area (Å²) in [6.45, 7) is 8.99. The van der Waals surface area contributed by atoms with E-state index in [0.717, 1.165) is 19.3 Å². The van der Waals surface area contributed by atoms with Crippen LogP contribution >= 0.6 is 0 Å². The van der Waals surface area contributed by atoms with Crippen LogP contribution in [0.2, 0.25) is 0 Å². The zero-order chi connectivity index (χ0) is 13.5. The number of alkyl carbamates (subject to hydrolysis) is 1. The van der Waals surface area contributed by atoms with Crippen molar-refractivity contribution in [2.45, 2.75) is 71.9 Å². The summed E-state index contributed by atoms with van der Waals surface area (Å²) >= 11 is 0. The van der Waals surface area contributed by atoms with Crippen LogP contribution in [0.25, 0.3) is 0 Å². The van der Waals surface area contributed by atoms with E-state index in [1.54, 1.807) is 20.8 Å². The zero-order valence-corrected chi connectivity index (χ0v) is 11.6. The topological polar surface area (TPSA) is 55.4 Å². The van der Waals surface area contributed by atoms with E-state index in [9.17, 15) is 9.59 Å². The Labute approximate surface area is 104 Å². The van der Waals surface area contributed by atoms with Gasteiger partial charge in [0.15, 0.2) is 5.78 Å². The number of nitrogens with one attached hydrogen (secondary N) is 1. The predicted molar refractivity (Wildman–Crippen MR) is 68.0 cm³/mol. The molecule has 0 unspecified atom stereocenters. The molecule has 0 bridgehead atoms. The van der Waals surface area contributed by atoms with Gasteiger partial charge in [-0.3, -0.25) is 4.79 Å². The number of amides is 1. The highest BCUT2D eigenvalue weighted by Crippen LogP contribution is 2.09. The van der Waals surface area contributed by atoms with Crippen molar-refractivity contribution in [1.29, 1.82) is 0 Å². The highest BCUT2D eigenvalue weighted by molar-refractivity contribution is 5.85. The number of rotatable bonds is 6. The Bertz CT molecular complexity index is 256. The Morgan fingerprint density at radius 1 is 1.24 bits per heavy atom. The number of ketones is 1. The molecule has 1 amide bonds. The summed E-state index contributed by atoms with van der Waals surface area (Å²) in [7, 11) is 0. The van der Waals surface area contributed by atoms with Crippen molar-refractivity contribution >= 4 is 11.9 Å². The van der Waals surface area contributed by atoms with E-state index >= 15 is 0 Å². The minimum Gasteiger partial charge on any atom is -0.444 e. The van der Waals surface area contributed by atoms with Crippen LogP contribution in [0.15, 0.2) is 0 Å². The van der Waals surface area contributed by atoms with Crippen LogP contribution in [0.3, 0.4) is 0 Å². The maximum Gasteiger partial charge on any atom is 0.408 e. The van der Waals surface area contributed by atoms with Crippen LogP contribution in [0.1, 0.15) is 60.3 Å². The Morgan fingerprint density at radius 3 is 2.24 bits per heavy atom. The van der Waals surface area contributed by atoms with Gasteiger partial charge in [0.25, 0.3) is 0 Å². The SMILES string of the molecule is CCCCC[C@@H](NC(=O)OC(C)(C)C)C(C)=O. The van der Waals surface area contributed by atoms with Gasteiger partial charge >= 0.3 is 6.09 Å². The molecule has 0 aromatic rings. The third kappa shape index (κ3) is 8.72. The van der Waals surface area contributed by atoms with Crippen LogP contribution in [-0.2, 0) is 9.53 Å². The fourth-order valence-electron chi connectivity index (χ4n) is 1.43. The first-order valence-corrected chi connectivity index (χ1v) is 6.26. The normalized spacial score (nSPS) is 13.0. The molecular formula is C13H25NO3. The molecular weight excluding hydrogens is 218 g/mol. The first-order valence-electron chi connectivity index (χ1n) is 6.26. The molecule has 0 radical (unpaired) electrons. The Kier molecular flexibility index (Phi) is 6.85. The highest BCUT2D eigenvalue weighted by Gasteiger charge is 2.21. The number of Topliss-reactive ketones (excluding diaryl/α,β-unsaturated/α-hetero) is 1. The molecule has 0 saturated carbocycles. The molecule has 0 aliphatic rings. The maximum absolute atomic E-state index is 11.5. The zero-order valence-electron chi connectivity index (χ0n) is 11.6. The lowest BCUT2D eigenvalue weighted by Gasteiger charge is -2.22. The first kappa shape index (κ1) is 15.9. The van der Waals surface area contributed by atoms with Crippen LogP contribution in [0, 0.1) is 0 Å². The van der Waals surface area contributed by atoms with Gasteiger partial charge in [0.1, 0.15) is 5.60 Å². The van der Waals surface area contributed by atoms with Crippen molar-refractivity contribution in [2.75, 3.05) is 0 Å². The number of unbranched alkanes of at least 4 members (excludes halogenated alkanes) is 2. The fourth-order valence-corrected chi connectivity index (χ4v) is 1.43. The molecule has 0 fully saturated rings. The Balaban J connectivity index is 4.16. The number of carbonyl (C=O) groups is 2. The average molecular weight is 243 g/mol. The molecule has 0 spiro atoms. The van der Waals surface area contributed by atoms with Gasteiger partial charge in [0.05, 0.1) is 6.04 Å². The van der Waals surface area contributed by atoms with Crippen molar-refractivity contribution in [1.82, 2.24) is 5.32 Å². The maximum atomic E-state index is 11.5. The molecule has 100 valence electrons. The minimum absolute atomic E-state index is 0.0213. The van der Waals surface area contributed by atoms with Gasteiger partial charge in [0, 0.05) is 0 Å². The van der Waals surface area contributed by atoms with E-state index in [-0.39, 0.29) is 5.78 Å². The van der Waals surface area contributed by atoms with Gasteiger partial charge in [-0.25, -0.2) is 4.79 Å². The summed E-state index contributed by atoms with van der Waals surface area (Å²) in [5.74, 6) is -0.0213. The third-order valence-corrected chi connectivity index (χ3v) is 2.28. The van der Waals surface area contributed by atoms with Crippen molar-refractivity contribution in [3.63, 3.8) is 0 Å². The number of hydrogen-bond donors (Lipinski definition) is 1. The molecule has 1 atom stereocenters. The Hall–Kier alpha value is -1.06. The van der Waals surface area contributed by atoms with Gasteiger partial charge < -0.3 is 10.1 Å². The molecule has 4 heteroatoms. The van der Waals surface area contributed by atoms with Gasteiger partial charge in [0.2, 0.25) is 0 Å². The molecule has 0 saturated heterocycles. The second-order valence-corrected chi connectivity index (χ2v) is 5.31. The third-order valence-electron chi connectivity index (χ3n) is 2.28. The van der Waals surface area contributed by atoms with Crippen LogP contribution in [0.5, 0.6) is 0 Å². The van der Waals surface area contributed by atoms with Gasteiger partial charge in [-0.05, 0) is 34.1 Å². The highest BCUT2D eigenvalue weighted by atomic mass is 16.6. The summed E-state index contributed by atoms with van der Waals surface area (Å²) in [6, 6.07) is -0.420. The first-order chi connectivity index (χ1) is 7.76. The number of ether oxygens (including phenoxy) is 1. The van der Waals surface area contributed by atoms with Crippen molar-refractivity contribution in [2.24, 2.45) is 0 Å². The number of carbonyl (C=O) groups excluding carboxylic acids is 2. The minimum atomic E-state index is -0.533. The second-order valence-electron chi connectivity index (χ2n) is 5.31. The summed E-state index contributed by atoms with van der Waals surface area (Å²) in [4.78, 5) is 22.9. The van der Waals surface area contributed by atoms with Gasteiger partial charge in [-0.2, -0.15) is 0 Å². The van der Waals surface area contributed by atoms with Crippen molar-refractivity contribution in [3.8, 4) is 0 Å². The molecule has 0 aliphatic carbocycles. The van der Waals surface area contributed by atoms with E-state index in [1.807, 2.05) is 0 Å². The largest absolute Gasteiger partial charge is 0.444 e. The lowest BCUT2D eigenvalue weighted by atomic mass is 10.1. The molecule has 0 aromatic heterocycles. The number of hydrogen-bond acceptors (Lipinski definition) is 3. The quantitative estimate of drug-likeness (QED) is 0.729. The van der Waals surface area contributed by atoms with E-state index in [1.165, 1.54) is 6.92 Å². The molecule has 1 N–H and O–H groups in total. The summed E-state index contributed by atoms with van der Waals surface area (Å²) in [6.07, 6.45) is 3.27. The van der Waals surface area contributed by atoms with Gasteiger partial charge in [-0.15, -0.1) is 0 Å². The average Bonchev–Trinajstić information content (AvgIpc) is 2.13. The second kappa shape index (κ2) is 7.30. The standard InChI is InChI=1S/C13H25NO3/c1-6-7-8-9-11(10(2)15)14-12(16)17-13(3,4)5/h11H,6-9H2,1-5H3,(H,14,16)/t11-/m1/s1. The monoisotopic (exact) mass is 243 g/mol. The van der Waals surface area contributed by atoms with Crippen LogP contribution in [-0.4, -0.2) is 23.5 Å². The molecule has 0 heterocycles. The smallest absolute Gasteiger partial charge is 0.408 e. The fraction of sp³-hybridized carbons (Fsp3) is 0.846. The van der Waals surface area contributed by atoms with E-state index in [4.69, 9.17) is 4.74 Å². The predicted octanol–water partition coefficient (Wildman–Crippen LogP) is 3.05. The molecule has 0 aliphatic heterocycles. The van der Waals surface area contributed by atoms with Crippen LogP contribution in [0.4, 0.5) is 4.79 Å². The molecule has 0 aromatic carbocycles. The lowest BCUT2D eigenvalue weighted by Crippen LogP contribution is -2.42. The molecule has 17 heavy (non-hydrogen) atoms. The van der Waals surface area contributed by atoms with Gasteiger partial charge in [-0.1, -0.05) is 26.2 Å². The summed E-state index contributed by atoms with van der Waals surface area (Å²) in [5, 5.41) is 2.62. The summed E-state index contributed by atoms with van der Waals surface area (Å²) in [5.41, 5.74) is -0.533. The molecule has 4 nitrogen and oxygen atoms in total. The van der Waals surface area contributed by atoms with E-state index in [0.29, 0.717) is 6.42 Å². The van der Waals surface area contributed by atoms with E-state index in [2.05, 4.69) is 12.2 Å². The van der Waals surface area contributed by atoms with Crippen molar-refractivity contribution in [3.05, 3.63) is 0 Å². The van der Waals surface area contributed by atoms with Crippen LogP contribution < -0.4 is 5.32 Å². The summed E-state index contributed by atoms with van der Waals surface area (Å²) < 4.78 is 5.12. The van der Waals surface area contributed by atoms with E-state index < -0.39 is 17.7 Å². The van der Waals surface area contributed by atoms with Crippen molar-refractivity contribution < 1.29 is 14.3 Å². The Morgan fingerprint density at radius 2 is 1.82 bits per heavy atom. The lowest BCUT2D eigenvalue weighted by molar-refractivity contribution is -0.119. The molecule has 0 rings (SSSR count).